The first-order valence-corrected chi connectivity index (χ1v) is 13.9. The summed E-state index contributed by atoms with van der Waals surface area (Å²) in [5.74, 6) is -1.82. The van der Waals surface area contributed by atoms with Crippen molar-refractivity contribution in [2.75, 3.05) is 6.54 Å². The minimum absolute atomic E-state index is 0.0302. The molecule has 2 N–H and O–H groups in total. The molecule has 42 heavy (non-hydrogen) atoms. The first-order valence-electron chi connectivity index (χ1n) is 13.9. The number of benzene rings is 2. The van der Waals surface area contributed by atoms with E-state index in [2.05, 4.69) is 5.32 Å². The number of carboxylic acid groups (broad SMARTS) is 1. The summed E-state index contributed by atoms with van der Waals surface area (Å²) in [5, 5.41) is 12.7. The van der Waals surface area contributed by atoms with Crippen LogP contribution < -0.4 is 14.8 Å². The molecule has 0 spiro atoms. The molecule has 0 saturated heterocycles. The van der Waals surface area contributed by atoms with E-state index in [0.29, 0.717) is 11.1 Å². The molecule has 0 bridgehead atoms. The summed E-state index contributed by atoms with van der Waals surface area (Å²) in [7, 11) is 0. The van der Waals surface area contributed by atoms with Gasteiger partial charge in [-0.15, -0.1) is 0 Å². The summed E-state index contributed by atoms with van der Waals surface area (Å²) in [6, 6.07) is 11.7. The number of carbonyl (C=O) groups is 4. The monoisotopic (exact) mass is 587 g/mol. The Balaban J connectivity index is 2.16. The van der Waals surface area contributed by atoms with Crippen LogP contribution in [-0.2, 0) is 25.4 Å². The van der Waals surface area contributed by atoms with Crippen molar-refractivity contribution in [2.45, 2.75) is 79.2 Å². The summed E-state index contributed by atoms with van der Waals surface area (Å²) in [6.45, 7) is 12.7. The number of nitrogens with one attached hydrogen (secondary N) is 1. The van der Waals surface area contributed by atoms with E-state index in [1.807, 2.05) is 27.7 Å². The van der Waals surface area contributed by atoms with E-state index in [-0.39, 0.29) is 36.3 Å². The van der Waals surface area contributed by atoms with Crippen LogP contribution in [0.4, 0.5) is 9.59 Å². The summed E-state index contributed by atoms with van der Waals surface area (Å²) in [5.41, 5.74) is 0.845. The number of ether oxygens (including phenoxy) is 5. The van der Waals surface area contributed by atoms with Crippen LogP contribution in [0.1, 0.15) is 64.4 Å². The lowest BCUT2D eigenvalue weighted by molar-refractivity contribution is -0.139. The van der Waals surface area contributed by atoms with Crippen molar-refractivity contribution < 1.29 is 48.0 Å². The molecule has 0 saturated carbocycles. The van der Waals surface area contributed by atoms with Crippen molar-refractivity contribution in [1.82, 2.24) is 5.32 Å². The molecule has 0 aliphatic heterocycles. The molecule has 0 aliphatic rings. The van der Waals surface area contributed by atoms with Crippen LogP contribution in [0.15, 0.2) is 48.5 Å². The van der Waals surface area contributed by atoms with E-state index in [4.69, 9.17) is 23.7 Å². The molecule has 0 radical (unpaired) electrons. The molecule has 3 unspecified atom stereocenters. The van der Waals surface area contributed by atoms with Crippen molar-refractivity contribution in [3.05, 3.63) is 59.7 Å². The first kappa shape index (κ1) is 34.1. The van der Waals surface area contributed by atoms with Crippen LogP contribution in [0.25, 0.3) is 0 Å². The quantitative estimate of drug-likeness (QED) is 0.161. The molecular formula is C31H41NO10. The second kappa shape index (κ2) is 16.4. The highest BCUT2D eigenvalue weighted by molar-refractivity contribution is 5.89. The highest BCUT2D eigenvalue weighted by Crippen LogP contribution is 2.30. The van der Waals surface area contributed by atoms with Crippen molar-refractivity contribution in [2.24, 2.45) is 11.8 Å². The van der Waals surface area contributed by atoms with Crippen molar-refractivity contribution >= 4 is 24.2 Å². The molecule has 0 heterocycles. The number of aliphatic carboxylic acids is 1. The van der Waals surface area contributed by atoms with Gasteiger partial charge in [-0.2, -0.15) is 0 Å². The van der Waals surface area contributed by atoms with Crippen LogP contribution in [0.3, 0.4) is 0 Å². The summed E-state index contributed by atoms with van der Waals surface area (Å²) < 4.78 is 26.6. The lowest BCUT2D eigenvalue weighted by Crippen LogP contribution is -2.42. The molecule has 0 fully saturated rings. The van der Waals surface area contributed by atoms with Gasteiger partial charge < -0.3 is 34.1 Å². The fraction of sp³-hybridized carbons (Fsp3) is 0.484. The third-order valence-electron chi connectivity index (χ3n) is 6.54. The number of carbonyl (C=O) groups excluding carboxylic acids is 3. The smallest absolute Gasteiger partial charge is 0.480 e. The van der Waals surface area contributed by atoms with E-state index in [0.717, 1.165) is 0 Å². The van der Waals surface area contributed by atoms with E-state index in [9.17, 15) is 24.3 Å². The topological polar surface area (TPSA) is 147 Å². The van der Waals surface area contributed by atoms with Gasteiger partial charge in [0, 0.05) is 6.54 Å². The highest BCUT2D eigenvalue weighted by atomic mass is 16.7. The molecule has 0 aliphatic carbocycles. The predicted molar refractivity (Wildman–Crippen MR) is 154 cm³/mol. The Hall–Kier alpha value is -4.12. The minimum atomic E-state index is -1.14. The second-order valence-electron chi connectivity index (χ2n) is 10.7. The van der Waals surface area contributed by atoms with Crippen molar-refractivity contribution in [1.29, 1.82) is 0 Å². The van der Waals surface area contributed by atoms with Crippen LogP contribution in [0, 0.1) is 11.8 Å². The highest BCUT2D eigenvalue weighted by Gasteiger charge is 2.24. The summed E-state index contributed by atoms with van der Waals surface area (Å²) in [6.07, 6.45) is -3.51. The van der Waals surface area contributed by atoms with Crippen molar-refractivity contribution in [3.8, 4) is 11.5 Å². The average Bonchev–Trinajstić information content (AvgIpc) is 2.92. The van der Waals surface area contributed by atoms with Gasteiger partial charge in [0.2, 0.25) is 0 Å². The predicted octanol–water partition coefficient (Wildman–Crippen LogP) is 5.64. The molecule has 2 rings (SSSR count). The third-order valence-corrected chi connectivity index (χ3v) is 6.54. The Bertz CT molecular complexity index is 1200. The number of hydrogen-bond acceptors (Lipinski definition) is 10. The van der Waals surface area contributed by atoms with E-state index in [1.54, 1.807) is 57.2 Å². The number of hydrogen-bond donors (Lipinski definition) is 2. The molecule has 2 aromatic rings. The lowest BCUT2D eigenvalue weighted by Gasteiger charge is -2.20. The molecule has 230 valence electrons. The molecular weight excluding hydrogens is 546 g/mol. The molecule has 11 nitrogen and oxygen atoms in total. The first-order chi connectivity index (χ1) is 19.8. The van der Waals surface area contributed by atoms with Gasteiger partial charge in [0.1, 0.15) is 24.4 Å². The SMILES string of the molecule is CC(CN[C@@H](Cc1ccc(OC(=O)OC(C)C(C)C)c(OC(=O)OC(C)C(C)C)c1)C(=O)O)OC(=O)c1ccccc1. The number of rotatable bonds is 14. The fourth-order valence-electron chi connectivity index (χ4n) is 3.30. The van der Waals surface area contributed by atoms with Gasteiger partial charge in [-0.1, -0.05) is 52.0 Å². The molecule has 0 amide bonds. The standard InChI is InChI=1S/C31H41NO10/c1-18(2)21(6)39-30(36)41-26-14-13-23(16-27(26)42-31(37)40-22(7)19(3)4)15-25(28(33)34)32-17-20(5)38-29(35)24-11-9-8-10-12-24/h8-14,16,18-22,25,32H,15,17H2,1-7H3,(H,33,34)/t20?,21?,22?,25-/m0/s1. The Labute approximate surface area is 246 Å². The minimum Gasteiger partial charge on any atom is -0.480 e. The Morgan fingerprint density at radius 1 is 0.738 bits per heavy atom. The maximum absolute atomic E-state index is 12.5. The van der Waals surface area contributed by atoms with Gasteiger partial charge >= 0.3 is 24.2 Å². The zero-order valence-electron chi connectivity index (χ0n) is 25.1. The third kappa shape index (κ3) is 11.4. The van der Waals surface area contributed by atoms with Crippen LogP contribution in [-0.4, -0.2) is 60.3 Å². The van der Waals surface area contributed by atoms with Gasteiger partial charge in [0.05, 0.1) is 5.56 Å². The Kier molecular flexibility index (Phi) is 13.3. The Morgan fingerprint density at radius 3 is 1.81 bits per heavy atom. The largest absolute Gasteiger partial charge is 0.514 e. The van der Waals surface area contributed by atoms with Crippen molar-refractivity contribution in [3.63, 3.8) is 0 Å². The van der Waals surface area contributed by atoms with Gasteiger partial charge in [-0.3, -0.25) is 4.79 Å². The number of esters is 1. The van der Waals surface area contributed by atoms with E-state index < -0.39 is 48.6 Å². The van der Waals surface area contributed by atoms with E-state index >= 15 is 0 Å². The maximum atomic E-state index is 12.5. The zero-order chi connectivity index (χ0) is 31.4. The van der Waals surface area contributed by atoms with E-state index in [1.165, 1.54) is 12.1 Å². The number of carboxylic acids is 1. The summed E-state index contributed by atoms with van der Waals surface area (Å²) >= 11 is 0. The molecule has 2 aromatic carbocycles. The van der Waals surface area contributed by atoms with Crippen LogP contribution >= 0.6 is 0 Å². The normalized spacial score (nSPS) is 13.9. The van der Waals surface area contributed by atoms with Gasteiger partial charge in [-0.05, 0) is 68.9 Å². The molecule has 4 atom stereocenters. The zero-order valence-corrected chi connectivity index (χ0v) is 25.1. The molecule has 11 heteroatoms. The van der Waals surface area contributed by atoms with Crippen LogP contribution in [0.5, 0.6) is 11.5 Å². The fourth-order valence-corrected chi connectivity index (χ4v) is 3.30. The van der Waals surface area contributed by atoms with Gasteiger partial charge in [0.25, 0.3) is 0 Å². The average molecular weight is 588 g/mol. The van der Waals surface area contributed by atoms with Crippen LogP contribution in [0.2, 0.25) is 0 Å². The van der Waals surface area contributed by atoms with Gasteiger partial charge in [0.15, 0.2) is 11.5 Å². The van der Waals surface area contributed by atoms with Gasteiger partial charge in [-0.25, -0.2) is 14.4 Å². The second-order valence-corrected chi connectivity index (χ2v) is 10.7. The maximum Gasteiger partial charge on any atom is 0.514 e. The Morgan fingerprint density at radius 2 is 1.29 bits per heavy atom. The summed E-state index contributed by atoms with van der Waals surface area (Å²) in [4.78, 5) is 49.1. The lowest BCUT2D eigenvalue weighted by atomic mass is 10.0. The molecule has 0 aromatic heterocycles.